The Balaban J connectivity index is 1.92. The summed E-state index contributed by atoms with van der Waals surface area (Å²) < 4.78 is 0. The molecule has 3 heteroatoms. The molecule has 102 valence electrons. The Morgan fingerprint density at radius 2 is 2.11 bits per heavy atom. The molecule has 1 unspecified atom stereocenters. The summed E-state index contributed by atoms with van der Waals surface area (Å²) >= 11 is 0. The maximum atomic E-state index is 12.5. The van der Waals surface area contributed by atoms with Gasteiger partial charge in [0, 0.05) is 18.5 Å². The molecule has 0 aromatic rings. The molecule has 1 saturated heterocycles. The summed E-state index contributed by atoms with van der Waals surface area (Å²) in [6.45, 7) is 7.41. The largest absolute Gasteiger partial charge is 0.340 e. The molecule has 1 N–H and O–H groups in total. The second-order valence-corrected chi connectivity index (χ2v) is 5.94. The highest BCUT2D eigenvalue weighted by atomic mass is 16.2. The van der Waals surface area contributed by atoms with Crippen molar-refractivity contribution in [2.24, 2.45) is 11.8 Å². The first-order valence-electron chi connectivity index (χ1n) is 7.34. The second kappa shape index (κ2) is 6.37. The molecule has 18 heavy (non-hydrogen) atoms. The second-order valence-electron chi connectivity index (χ2n) is 5.94. The number of amides is 1. The van der Waals surface area contributed by atoms with Crippen LogP contribution in [0, 0.1) is 11.8 Å². The van der Waals surface area contributed by atoms with Gasteiger partial charge in [-0.3, -0.25) is 4.79 Å². The van der Waals surface area contributed by atoms with Gasteiger partial charge in [-0.25, -0.2) is 0 Å². The van der Waals surface area contributed by atoms with Crippen LogP contribution >= 0.6 is 0 Å². The van der Waals surface area contributed by atoms with Crippen molar-refractivity contribution >= 4 is 5.91 Å². The highest BCUT2D eigenvalue weighted by Crippen LogP contribution is 2.23. The molecule has 1 fully saturated rings. The molecule has 1 aliphatic carbocycles. The van der Waals surface area contributed by atoms with Crippen LogP contribution in [0.4, 0.5) is 0 Å². The maximum Gasteiger partial charge on any atom is 0.226 e. The highest BCUT2D eigenvalue weighted by Gasteiger charge is 2.28. The van der Waals surface area contributed by atoms with Crippen LogP contribution in [0.3, 0.4) is 0 Å². The zero-order valence-electron chi connectivity index (χ0n) is 11.7. The van der Waals surface area contributed by atoms with Crippen LogP contribution in [-0.2, 0) is 4.79 Å². The summed E-state index contributed by atoms with van der Waals surface area (Å²) in [5.74, 6) is 1.21. The molecule has 2 rings (SSSR count). The van der Waals surface area contributed by atoms with Crippen molar-refractivity contribution < 1.29 is 4.79 Å². The van der Waals surface area contributed by atoms with E-state index in [1.165, 1.54) is 12.8 Å². The SMILES string of the molecule is CC(C)N(CC1CCCNC1)C(=O)C1CC=CC1. The lowest BCUT2D eigenvalue weighted by Gasteiger charge is -2.34. The van der Waals surface area contributed by atoms with E-state index >= 15 is 0 Å². The van der Waals surface area contributed by atoms with Gasteiger partial charge in [0.1, 0.15) is 0 Å². The van der Waals surface area contributed by atoms with Crippen LogP contribution in [0.5, 0.6) is 0 Å². The van der Waals surface area contributed by atoms with Crippen molar-refractivity contribution in [3.8, 4) is 0 Å². The Morgan fingerprint density at radius 1 is 1.39 bits per heavy atom. The molecule has 0 aromatic heterocycles. The van der Waals surface area contributed by atoms with E-state index in [4.69, 9.17) is 0 Å². The lowest BCUT2D eigenvalue weighted by Crippen LogP contribution is -2.46. The number of hydrogen-bond acceptors (Lipinski definition) is 2. The van der Waals surface area contributed by atoms with Crippen LogP contribution in [0.25, 0.3) is 0 Å². The lowest BCUT2D eigenvalue weighted by atomic mass is 9.97. The number of allylic oxidation sites excluding steroid dienone is 2. The Kier molecular flexibility index (Phi) is 4.81. The molecule has 1 heterocycles. The quantitative estimate of drug-likeness (QED) is 0.776. The van der Waals surface area contributed by atoms with Crippen molar-refractivity contribution in [1.29, 1.82) is 0 Å². The third kappa shape index (κ3) is 3.35. The molecule has 0 bridgehead atoms. The third-order valence-corrected chi connectivity index (χ3v) is 4.12. The third-order valence-electron chi connectivity index (χ3n) is 4.12. The predicted octanol–water partition coefficient (Wildman–Crippen LogP) is 2.19. The first kappa shape index (κ1) is 13.6. The van der Waals surface area contributed by atoms with E-state index in [1.54, 1.807) is 0 Å². The van der Waals surface area contributed by atoms with Crippen molar-refractivity contribution in [2.75, 3.05) is 19.6 Å². The molecule has 2 aliphatic rings. The van der Waals surface area contributed by atoms with Gasteiger partial charge in [-0.05, 0) is 58.5 Å². The smallest absolute Gasteiger partial charge is 0.226 e. The van der Waals surface area contributed by atoms with Crippen molar-refractivity contribution in [3.05, 3.63) is 12.2 Å². The molecule has 1 aliphatic heterocycles. The molecule has 1 amide bonds. The molecule has 0 spiro atoms. The number of carbonyl (C=O) groups is 1. The van der Waals surface area contributed by atoms with Gasteiger partial charge in [-0.2, -0.15) is 0 Å². The average Bonchev–Trinajstić information content (AvgIpc) is 2.90. The highest BCUT2D eigenvalue weighted by molar-refractivity contribution is 5.80. The first-order valence-corrected chi connectivity index (χ1v) is 7.34. The van der Waals surface area contributed by atoms with E-state index in [1.807, 2.05) is 0 Å². The monoisotopic (exact) mass is 250 g/mol. The van der Waals surface area contributed by atoms with E-state index in [2.05, 4.69) is 36.2 Å². The predicted molar refractivity (Wildman–Crippen MR) is 74.3 cm³/mol. The number of nitrogens with zero attached hydrogens (tertiary/aromatic N) is 1. The summed E-state index contributed by atoms with van der Waals surface area (Å²) in [6.07, 6.45) is 8.66. The molecular weight excluding hydrogens is 224 g/mol. The summed E-state index contributed by atoms with van der Waals surface area (Å²) in [5.41, 5.74) is 0. The number of carbonyl (C=O) groups excluding carboxylic acids is 1. The van der Waals surface area contributed by atoms with E-state index in [9.17, 15) is 4.79 Å². The fraction of sp³-hybridized carbons (Fsp3) is 0.800. The Morgan fingerprint density at radius 3 is 2.67 bits per heavy atom. The standard InChI is InChI=1S/C15H26N2O/c1-12(2)17(11-13-6-5-9-16-10-13)15(18)14-7-3-4-8-14/h3-4,12-14,16H,5-11H2,1-2H3. The molecule has 1 atom stereocenters. The van der Waals surface area contributed by atoms with Gasteiger partial charge in [-0.15, -0.1) is 0 Å². The molecule has 3 nitrogen and oxygen atoms in total. The Hall–Kier alpha value is -0.830. The van der Waals surface area contributed by atoms with E-state index in [-0.39, 0.29) is 5.92 Å². The van der Waals surface area contributed by atoms with Crippen LogP contribution in [-0.4, -0.2) is 36.5 Å². The molecule has 0 aromatic carbocycles. The number of rotatable bonds is 4. The minimum atomic E-state index is 0.212. The van der Waals surface area contributed by atoms with Crippen LogP contribution in [0.15, 0.2) is 12.2 Å². The number of hydrogen-bond donors (Lipinski definition) is 1. The summed E-state index contributed by atoms with van der Waals surface area (Å²) in [7, 11) is 0. The van der Waals surface area contributed by atoms with Crippen molar-refractivity contribution in [2.45, 2.75) is 45.6 Å². The molecule has 0 radical (unpaired) electrons. The topological polar surface area (TPSA) is 32.3 Å². The Bertz CT molecular complexity index is 298. The zero-order valence-corrected chi connectivity index (χ0v) is 11.7. The van der Waals surface area contributed by atoms with E-state index in [0.29, 0.717) is 17.9 Å². The maximum absolute atomic E-state index is 12.5. The minimum Gasteiger partial charge on any atom is -0.340 e. The summed E-state index contributed by atoms with van der Waals surface area (Å²) in [6, 6.07) is 0.319. The van der Waals surface area contributed by atoms with Gasteiger partial charge in [0.2, 0.25) is 5.91 Å². The summed E-state index contributed by atoms with van der Waals surface area (Å²) in [4.78, 5) is 14.6. The van der Waals surface area contributed by atoms with Gasteiger partial charge < -0.3 is 10.2 Å². The van der Waals surface area contributed by atoms with Crippen molar-refractivity contribution in [3.63, 3.8) is 0 Å². The fourth-order valence-corrected chi connectivity index (χ4v) is 2.97. The normalized spacial score (nSPS) is 24.7. The summed E-state index contributed by atoms with van der Waals surface area (Å²) in [5, 5.41) is 3.44. The first-order chi connectivity index (χ1) is 8.68. The van der Waals surface area contributed by atoms with Gasteiger partial charge in [-0.1, -0.05) is 12.2 Å². The van der Waals surface area contributed by atoms with Crippen LogP contribution in [0.2, 0.25) is 0 Å². The minimum absolute atomic E-state index is 0.212. The Labute approximate surface area is 111 Å². The van der Waals surface area contributed by atoms with Gasteiger partial charge in [0.25, 0.3) is 0 Å². The molecular formula is C15H26N2O. The van der Waals surface area contributed by atoms with E-state index < -0.39 is 0 Å². The van der Waals surface area contributed by atoms with Gasteiger partial charge in [0.05, 0.1) is 0 Å². The zero-order chi connectivity index (χ0) is 13.0. The van der Waals surface area contributed by atoms with Crippen LogP contribution < -0.4 is 5.32 Å². The number of piperidine rings is 1. The van der Waals surface area contributed by atoms with Gasteiger partial charge in [0.15, 0.2) is 0 Å². The van der Waals surface area contributed by atoms with Gasteiger partial charge >= 0.3 is 0 Å². The van der Waals surface area contributed by atoms with E-state index in [0.717, 1.165) is 32.5 Å². The fourth-order valence-electron chi connectivity index (χ4n) is 2.97. The van der Waals surface area contributed by atoms with Crippen LogP contribution in [0.1, 0.15) is 39.5 Å². The number of nitrogens with one attached hydrogen (secondary N) is 1. The molecule has 0 saturated carbocycles. The average molecular weight is 250 g/mol. The van der Waals surface area contributed by atoms with Crippen molar-refractivity contribution in [1.82, 2.24) is 10.2 Å². The lowest BCUT2D eigenvalue weighted by molar-refractivity contribution is -0.137.